The average molecular weight is 412 g/mol. The number of halogens is 2. The normalized spacial score (nSPS) is 10.6. The Morgan fingerprint density at radius 2 is 1.00 bits per heavy atom. The minimum Gasteiger partial charge on any atom is -0.381 e. The van der Waals surface area contributed by atoms with Gasteiger partial charge in [-0.15, -0.1) is 0 Å². The van der Waals surface area contributed by atoms with Crippen LogP contribution in [0.15, 0.2) is 0 Å². The Kier molecular flexibility index (Phi) is 14.8. The molecule has 0 radical (unpaired) electrons. The van der Waals surface area contributed by atoms with Crippen molar-refractivity contribution in [1.29, 1.82) is 0 Å². The molecule has 0 rings (SSSR count). The molecular formula is C9H18I2O2. The fourth-order valence-electron chi connectivity index (χ4n) is 0.780. The largest absolute Gasteiger partial charge is 0.381 e. The van der Waals surface area contributed by atoms with E-state index in [1.807, 2.05) is 0 Å². The highest BCUT2D eigenvalue weighted by Crippen LogP contribution is 1.93. The monoisotopic (exact) mass is 412 g/mol. The molecule has 0 saturated heterocycles. The topological polar surface area (TPSA) is 18.5 Å². The smallest absolute Gasteiger partial charge is 0.0487 e. The maximum Gasteiger partial charge on any atom is 0.0487 e. The Labute approximate surface area is 108 Å². The number of alkyl halides is 2. The molecule has 0 aromatic rings. The molecule has 0 saturated carbocycles. The summed E-state index contributed by atoms with van der Waals surface area (Å²) >= 11 is 4.73. The van der Waals surface area contributed by atoms with Crippen molar-refractivity contribution in [2.45, 2.75) is 19.3 Å². The van der Waals surface area contributed by atoms with Gasteiger partial charge in [0.2, 0.25) is 0 Å². The molecule has 0 aliphatic carbocycles. The van der Waals surface area contributed by atoms with Crippen LogP contribution in [-0.4, -0.2) is 35.3 Å². The van der Waals surface area contributed by atoms with E-state index in [1.165, 1.54) is 8.86 Å². The van der Waals surface area contributed by atoms with E-state index in [0.717, 1.165) is 45.7 Å². The van der Waals surface area contributed by atoms with Crippen molar-refractivity contribution in [3.8, 4) is 0 Å². The summed E-state index contributed by atoms with van der Waals surface area (Å²) in [6.45, 7) is 3.50. The molecular weight excluding hydrogens is 394 g/mol. The Morgan fingerprint density at radius 3 is 1.38 bits per heavy atom. The van der Waals surface area contributed by atoms with Crippen LogP contribution in [0.2, 0.25) is 0 Å². The van der Waals surface area contributed by atoms with Crippen molar-refractivity contribution in [3.63, 3.8) is 0 Å². The lowest BCUT2D eigenvalue weighted by atomic mass is 10.4. The molecule has 80 valence electrons. The fourth-order valence-corrected chi connectivity index (χ4v) is 1.40. The Bertz CT molecular complexity index is 81.7. The van der Waals surface area contributed by atoms with E-state index in [9.17, 15) is 0 Å². The number of rotatable bonds is 10. The summed E-state index contributed by atoms with van der Waals surface area (Å²) in [5, 5.41) is 0. The van der Waals surface area contributed by atoms with Gasteiger partial charge in [0.25, 0.3) is 0 Å². The molecule has 2 nitrogen and oxygen atoms in total. The van der Waals surface area contributed by atoms with Crippen molar-refractivity contribution < 1.29 is 9.47 Å². The molecule has 0 spiro atoms. The number of hydrogen-bond donors (Lipinski definition) is 0. The van der Waals surface area contributed by atoms with Crippen LogP contribution in [0.25, 0.3) is 0 Å². The van der Waals surface area contributed by atoms with E-state index in [4.69, 9.17) is 9.47 Å². The molecule has 0 aliphatic rings. The molecule has 0 aromatic carbocycles. The number of hydrogen-bond acceptors (Lipinski definition) is 2. The van der Waals surface area contributed by atoms with Crippen molar-refractivity contribution in [2.75, 3.05) is 35.3 Å². The molecule has 4 heteroatoms. The van der Waals surface area contributed by atoms with Gasteiger partial charge in [-0.2, -0.15) is 0 Å². The second-order valence-electron chi connectivity index (χ2n) is 2.66. The van der Waals surface area contributed by atoms with Crippen LogP contribution in [0.5, 0.6) is 0 Å². The lowest BCUT2D eigenvalue weighted by Gasteiger charge is -2.03. The first-order valence-electron chi connectivity index (χ1n) is 4.69. The standard InChI is InChI=1S/C9H18I2O2/c10-4-1-6-12-8-3-9-13-7-2-5-11/h1-9H2. The summed E-state index contributed by atoms with van der Waals surface area (Å²) in [6.07, 6.45) is 3.36. The van der Waals surface area contributed by atoms with Gasteiger partial charge >= 0.3 is 0 Å². The second-order valence-corrected chi connectivity index (χ2v) is 4.82. The predicted molar refractivity (Wildman–Crippen MR) is 73.3 cm³/mol. The summed E-state index contributed by atoms with van der Waals surface area (Å²) in [5.74, 6) is 0. The molecule has 0 atom stereocenters. The highest BCUT2D eigenvalue weighted by Gasteiger charge is 1.90. The summed E-state index contributed by atoms with van der Waals surface area (Å²) in [5.41, 5.74) is 0. The molecule has 0 aromatic heterocycles. The van der Waals surface area contributed by atoms with Gasteiger partial charge < -0.3 is 9.47 Å². The van der Waals surface area contributed by atoms with E-state index in [2.05, 4.69) is 45.2 Å². The zero-order valence-electron chi connectivity index (χ0n) is 7.94. The van der Waals surface area contributed by atoms with Gasteiger partial charge in [-0.1, -0.05) is 45.2 Å². The van der Waals surface area contributed by atoms with E-state index in [-0.39, 0.29) is 0 Å². The zero-order chi connectivity index (χ0) is 9.78. The summed E-state index contributed by atoms with van der Waals surface area (Å²) in [7, 11) is 0. The van der Waals surface area contributed by atoms with Crippen molar-refractivity contribution in [1.82, 2.24) is 0 Å². The first-order chi connectivity index (χ1) is 6.41. The third-order valence-corrected chi connectivity index (χ3v) is 2.95. The minimum atomic E-state index is 0.848. The van der Waals surface area contributed by atoms with Crippen LogP contribution in [0.1, 0.15) is 19.3 Å². The molecule has 13 heavy (non-hydrogen) atoms. The molecule has 0 aliphatic heterocycles. The van der Waals surface area contributed by atoms with Crippen molar-refractivity contribution in [2.24, 2.45) is 0 Å². The van der Waals surface area contributed by atoms with Crippen LogP contribution >= 0.6 is 45.2 Å². The lowest BCUT2D eigenvalue weighted by molar-refractivity contribution is 0.0841. The summed E-state index contributed by atoms with van der Waals surface area (Å²) in [6, 6.07) is 0. The van der Waals surface area contributed by atoms with Crippen molar-refractivity contribution >= 4 is 45.2 Å². The molecule has 0 amide bonds. The highest BCUT2D eigenvalue weighted by molar-refractivity contribution is 14.1. The van der Waals surface area contributed by atoms with Gasteiger partial charge in [-0.05, 0) is 19.3 Å². The van der Waals surface area contributed by atoms with Crippen LogP contribution in [-0.2, 0) is 9.47 Å². The third-order valence-electron chi connectivity index (χ3n) is 1.42. The van der Waals surface area contributed by atoms with Crippen molar-refractivity contribution in [3.05, 3.63) is 0 Å². The molecule has 0 fully saturated rings. The Hall–Kier alpha value is 1.38. The van der Waals surface area contributed by atoms with E-state index in [1.54, 1.807) is 0 Å². The minimum absolute atomic E-state index is 0.848. The maximum absolute atomic E-state index is 5.39. The van der Waals surface area contributed by atoms with Crippen LogP contribution in [0.4, 0.5) is 0 Å². The fraction of sp³-hybridized carbons (Fsp3) is 1.00. The molecule has 0 bridgehead atoms. The molecule has 0 heterocycles. The zero-order valence-corrected chi connectivity index (χ0v) is 12.3. The van der Waals surface area contributed by atoms with Gasteiger partial charge in [0.15, 0.2) is 0 Å². The third kappa shape index (κ3) is 13.4. The van der Waals surface area contributed by atoms with E-state index < -0.39 is 0 Å². The average Bonchev–Trinajstić information content (AvgIpc) is 2.16. The van der Waals surface area contributed by atoms with E-state index >= 15 is 0 Å². The Morgan fingerprint density at radius 1 is 0.615 bits per heavy atom. The van der Waals surface area contributed by atoms with Crippen LogP contribution in [0, 0.1) is 0 Å². The first-order valence-corrected chi connectivity index (χ1v) is 7.74. The SMILES string of the molecule is ICCCOCCCOCCCI. The van der Waals surface area contributed by atoms with Gasteiger partial charge in [0, 0.05) is 35.3 Å². The summed E-state index contributed by atoms with van der Waals surface area (Å²) in [4.78, 5) is 0. The first kappa shape index (κ1) is 14.4. The molecule has 0 unspecified atom stereocenters. The number of ether oxygens (including phenoxy) is 2. The van der Waals surface area contributed by atoms with Gasteiger partial charge in [-0.25, -0.2) is 0 Å². The van der Waals surface area contributed by atoms with Gasteiger partial charge in [0.1, 0.15) is 0 Å². The molecule has 0 N–H and O–H groups in total. The lowest BCUT2D eigenvalue weighted by Crippen LogP contribution is -2.03. The maximum atomic E-state index is 5.39. The quantitative estimate of drug-likeness (QED) is 0.312. The van der Waals surface area contributed by atoms with Gasteiger partial charge in [-0.3, -0.25) is 0 Å². The van der Waals surface area contributed by atoms with E-state index in [0.29, 0.717) is 0 Å². The van der Waals surface area contributed by atoms with Crippen LogP contribution in [0.3, 0.4) is 0 Å². The Balaban J connectivity index is 2.76. The van der Waals surface area contributed by atoms with Gasteiger partial charge in [0.05, 0.1) is 0 Å². The summed E-state index contributed by atoms with van der Waals surface area (Å²) < 4.78 is 13.2. The highest BCUT2D eigenvalue weighted by atomic mass is 127. The van der Waals surface area contributed by atoms with Crippen LogP contribution < -0.4 is 0 Å². The second kappa shape index (κ2) is 13.4. The predicted octanol–water partition coefficient (Wildman–Crippen LogP) is 3.06.